The van der Waals surface area contributed by atoms with Gasteiger partial charge in [0.2, 0.25) is 11.8 Å². The number of carbonyl (C=O) groups is 2. The van der Waals surface area contributed by atoms with Crippen LogP contribution in [0.25, 0.3) is 0 Å². The van der Waals surface area contributed by atoms with Crippen molar-refractivity contribution in [2.45, 2.75) is 87.4 Å². The Balaban J connectivity index is 1.30. The first-order valence-corrected chi connectivity index (χ1v) is 16.0. The molecule has 3 aliphatic heterocycles. The molecule has 0 unspecified atom stereocenters. The minimum Gasteiger partial charge on any atom is -0.368 e. The molecule has 238 valence electrons. The normalized spacial score (nSPS) is 29.9. The van der Waals surface area contributed by atoms with Crippen molar-refractivity contribution in [3.63, 3.8) is 0 Å². The Kier molecular flexibility index (Phi) is 7.39. The second kappa shape index (κ2) is 10.9. The van der Waals surface area contributed by atoms with E-state index in [0.717, 1.165) is 12.8 Å². The number of carbonyl (C=O) groups excluding carboxylic acids is 2. The molecule has 1 saturated carbocycles. The van der Waals surface area contributed by atoms with Gasteiger partial charge in [0.15, 0.2) is 5.82 Å². The van der Waals surface area contributed by atoms with Crippen molar-refractivity contribution in [3.05, 3.63) is 79.8 Å². The third-order valence-corrected chi connectivity index (χ3v) is 11.0. The summed E-state index contributed by atoms with van der Waals surface area (Å²) in [6.07, 6.45) is 3.37. The monoisotopic (exact) mass is 657 g/mol. The van der Waals surface area contributed by atoms with Gasteiger partial charge in [-0.15, -0.1) is 0 Å². The van der Waals surface area contributed by atoms with E-state index < -0.39 is 40.6 Å². The summed E-state index contributed by atoms with van der Waals surface area (Å²) in [6, 6.07) is 8.67. The molecule has 10 nitrogen and oxygen atoms in total. The molecule has 2 aromatic carbocycles. The van der Waals surface area contributed by atoms with Gasteiger partial charge in [-0.2, -0.15) is 0 Å². The molecule has 7 rings (SSSR count). The van der Waals surface area contributed by atoms with E-state index in [4.69, 9.17) is 27.9 Å². The van der Waals surface area contributed by atoms with Gasteiger partial charge in [0.05, 0.1) is 23.7 Å². The van der Waals surface area contributed by atoms with Crippen molar-refractivity contribution in [2.24, 2.45) is 5.41 Å². The molecular weight excluding hydrogens is 624 g/mol. The van der Waals surface area contributed by atoms with E-state index in [1.165, 1.54) is 6.07 Å². The number of aromatic amines is 1. The van der Waals surface area contributed by atoms with Crippen LogP contribution in [0.1, 0.15) is 81.3 Å². The number of ether oxygens (including phenoxy) is 1. The number of hydrogen-bond donors (Lipinski definition) is 4. The van der Waals surface area contributed by atoms with Crippen molar-refractivity contribution >= 4 is 40.7 Å². The van der Waals surface area contributed by atoms with E-state index >= 15 is 4.39 Å². The van der Waals surface area contributed by atoms with Crippen LogP contribution in [0, 0.1) is 11.2 Å². The van der Waals surface area contributed by atoms with Crippen molar-refractivity contribution in [1.82, 2.24) is 20.8 Å². The first-order valence-electron chi connectivity index (χ1n) is 15.3. The Morgan fingerprint density at radius 1 is 1.09 bits per heavy atom. The zero-order valence-corrected chi connectivity index (χ0v) is 26.4. The molecule has 2 amide bonds. The summed E-state index contributed by atoms with van der Waals surface area (Å²) in [5.41, 5.74) is -0.708. The van der Waals surface area contributed by atoms with Gasteiger partial charge >= 0.3 is 5.76 Å². The van der Waals surface area contributed by atoms with Crippen molar-refractivity contribution in [2.75, 3.05) is 11.9 Å². The summed E-state index contributed by atoms with van der Waals surface area (Å²) >= 11 is 12.7. The lowest BCUT2D eigenvalue weighted by Gasteiger charge is -2.50. The molecule has 1 aliphatic carbocycles. The molecule has 4 heterocycles. The quantitative estimate of drug-likeness (QED) is 0.305. The topological polar surface area (TPSA) is 138 Å². The average molecular weight is 659 g/mol. The fourth-order valence-electron chi connectivity index (χ4n) is 8.17. The maximum atomic E-state index is 16.1. The van der Waals surface area contributed by atoms with Crippen LogP contribution >= 0.6 is 23.2 Å². The van der Waals surface area contributed by atoms with E-state index in [-0.39, 0.29) is 40.5 Å². The SMILES string of the molecule is CC1(C)CCC2(CC1)N[C@@H](C(=O)N[C@@H]1CC[C@@H](c3noc(=O)[nH]3)OC1)[C@H](c1cccc(Cl)c1F)[C@]21C(=O)Nc2cc(Cl)ccc21. The molecular formula is C32H34Cl2FN5O5. The minimum atomic E-state index is -1.33. The lowest BCUT2D eigenvalue weighted by atomic mass is 9.53. The number of halogens is 3. The summed E-state index contributed by atoms with van der Waals surface area (Å²) in [4.78, 5) is 42.9. The van der Waals surface area contributed by atoms with Gasteiger partial charge < -0.3 is 15.4 Å². The fourth-order valence-corrected chi connectivity index (χ4v) is 8.52. The Bertz CT molecular complexity index is 1720. The highest BCUT2D eigenvalue weighted by Crippen LogP contribution is 2.64. The van der Waals surface area contributed by atoms with Crippen LogP contribution in [0.5, 0.6) is 0 Å². The molecule has 0 radical (unpaired) electrons. The Hall–Kier alpha value is -3.25. The maximum absolute atomic E-state index is 16.1. The first kappa shape index (κ1) is 30.4. The number of hydrogen-bond acceptors (Lipinski definition) is 7. The lowest BCUT2D eigenvalue weighted by Crippen LogP contribution is -2.61. The minimum absolute atomic E-state index is 0.0350. The molecule has 1 aromatic heterocycles. The van der Waals surface area contributed by atoms with Gasteiger partial charge in [-0.05, 0) is 73.3 Å². The van der Waals surface area contributed by atoms with Crippen molar-refractivity contribution in [3.8, 4) is 0 Å². The second-order valence-corrected chi connectivity index (χ2v) is 14.4. The van der Waals surface area contributed by atoms with E-state index in [0.29, 0.717) is 47.8 Å². The third kappa shape index (κ3) is 4.81. The molecule has 2 spiro atoms. The Morgan fingerprint density at radius 3 is 2.56 bits per heavy atom. The summed E-state index contributed by atoms with van der Waals surface area (Å²) in [5.74, 6) is -2.61. The average Bonchev–Trinajstić information content (AvgIpc) is 3.65. The van der Waals surface area contributed by atoms with Crippen LogP contribution in [0.15, 0.2) is 45.7 Å². The third-order valence-electron chi connectivity index (χ3n) is 10.4. The number of amides is 2. The molecule has 4 N–H and O–H groups in total. The molecule has 0 bridgehead atoms. The van der Waals surface area contributed by atoms with E-state index in [2.05, 4.69) is 44.5 Å². The number of rotatable bonds is 4. The number of fused-ring (bicyclic) bond motifs is 3. The van der Waals surface area contributed by atoms with Gasteiger partial charge in [-0.1, -0.05) is 60.4 Å². The lowest BCUT2D eigenvalue weighted by molar-refractivity contribution is -0.126. The largest absolute Gasteiger partial charge is 0.438 e. The summed E-state index contributed by atoms with van der Waals surface area (Å²) in [7, 11) is 0. The summed E-state index contributed by atoms with van der Waals surface area (Å²) in [6.45, 7) is 4.57. The highest BCUT2D eigenvalue weighted by atomic mass is 35.5. The van der Waals surface area contributed by atoms with Crippen LogP contribution in [0.4, 0.5) is 10.1 Å². The van der Waals surface area contributed by atoms with Gasteiger partial charge in [0, 0.05) is 22.2 Å². The molecule has 4 aliphatic rings. The molecule has 3 fully saturated rings. The van der Waals surface area contributed by atoms with E-state index in [1.54, 1.807) is 24.3 Å². The second-order valence-electron chi connectivity index (χ2n) is 13.5. The number of H-pyrrole nitrogens is 1. The smallest absolute Gasteiger partial charge is 0.368 e. The predicted molar refractivity (Wildman–Crippen MR) is 165 cm³/mol. The summed E-state index contributed by atoms with van der Waals surface area (Å²) < 4.78 is 26.7. The zero-order valence-electron chi connectivity index (χ0n) is 24.8. The van der Waals surface area contributed by atoms with Gasteiger partial charge in [-0.25, -0.2) is 9.18 Å². The first-order chi connectivity index (χ1) is 21.4. The van der Waals surface area contributed by atoms with Gasteiger partial charge in [-0.3, -0.25) is 24.4 Å². The summed E-state index contributed by atoms with van der Waals surface area (Å²) in [5, 5.41) is 13.9. The Labute approximate surface area is 268 Å². The van der Waals surface area contributed by atoms with Crippen LogP contribution < -0.4 is 21.7 Å². The highest BCUT2D eigenvalue weighted by Gasteiger charge is 2.73. The molecule has 2 saturated heterocycles. The fraction of sp³-hybridized carbons (Fsp3) is 0.500. The molecule has 3 aromatic rings. The molecule has 5 atom stereocenters. The van der Waals surface area contributed by atoms with Crippen LogP contribution in [-0.4, -0.2) is 46.2 Å². The van der Waals surface area contributed by atoms with Crippen molar-refractivity contribution in [1.29, 1.82) is 0 Å². The predicted octanol–water partition coefficient (Wildman–Crippen LogP) is 5.13. The van der Waals surface area contributed by atoms with Gasteiger partial charge in [0.1, 0.15) is 17.3 Å². The van der Waals surface area contributed by atoms with Crippen LogP contribution in [-0.2, 0) is 19.7 Å². The Morgan fingerprint density at radius 2 is 1.87 bits per heavy atom. The number of aromatic nitrogens is 2. The molecule has 45 heavy (non-hydrogen) atoms. The maximum Gasteiger partial charge on any atom is 0.438 e. The standard InChI is InChI=1S/C32H34Cl2FN5O5/c1-30(2)10-12-31(13-11-30)32(19-8-6-16(33)14-21(19)37-28(32)42)23(18-4-3-5-20(34)24(18)35)25(39-31)27(41)36-17-7-9-22(44-15-17)26-38-29(43)45-40-26/h3-6,8,14,17,22-23,25,39H,7,9-13,15H2,1-2H3,(H,36,41)(H,37,42)(H,38,40,43)/t17-,22+,23+,25-,32-/m1/s1. The number of benzene rings is 2. The van der Waals surface area contributed by atoms with Crippen molar-refractivity contribution < 1.29 is 23.2 Å². The number of nitrogens with zero attached hydrogens (tertiary/aromatic N) is 1. The highest BCUT2D eigenvalue weighted by molar-refractivity contribution is 6.31. The van der Waals surface area contributed by atoms with E-state index in [9.17, 15) is 14.4 Å². The zero-order chi connectivity index (χ0) is 31.7. The van der Waals surface area contributed by atoms with Crippen LogP contribution in [0.2, 0.25) is 10.0 Å². The molecule has 13 heteroatoms. The number of anilines is 1. The number of nitrogens with one attached hydrogen (secondary N) is 4. The van der Waals surface area contributed by atoms with Crippen LogP contribution in [0.3, 0.4) is 0 Å². The van der Waals surface area contributed by atoms with E-state index in [1.807, 2.05) is 6.07 Å². The van der Waals surface area contributed by atoms with Gasteiger partial charge in [0.25, 0.3) is 0 Å².